The zero-order valence-corrected chi connectivity index (χ0v) is 14.8. The van der Waals surface area contributed by atoms with Crippen molar-refractivity contribution in [1.29, 1.82) is 0 Å². The summed E-state index contributed by atoms with van der Waals surface area (Å²) in [6.45, 7) is 1.43. The number of carbonyl (C=O) groups excluding carboxylic acids is 5. The van der Waals surface area contributed by atoms with Crippen LogP contribution in [0.3, 0.4) is 0 Å². The zero-order valence-electron chi connectivity index (χ0n) is 14.8. The maximum atomic E-state index is 12.3. The molecule has 0 aromatic rings. The molecule has 1 N–H and O–H groups in total. The summed E-state index contributed by atoms with van der Waals surface area (Å²) in [7, 11) is 0. The third kappa shape index (κ3) is 7.19. The van der Waals surface area contributed by atoms with Crippen molar-refractivity contribution in [2.24, 2.45) is 0 Å². The Morgan fingerprint density at radius 1 is 1.07 bits per heavy atom. The van der Waals surface area contributed by atoms with Gasteiger partial charge in [-0.1, -0.05) is 0 Å². The molecule has 2 rings (SSSR count). The molecule has 2 saturated heterocycles. The second-order valence-electron chi connectivity index (χ2n) is 5.70. The number of urea groups is 2. The Balaban J connectivity index is 1.77. The van der Waals surface area contributed by atoms with E-state index in [4.69, 9.17) is 18.9 Å². The lowest BCUT2D eigenvalue weighted by molar-refractivity contribution is -0.146. The second-order valence-corrected chi connectivity index (χ2v) is 5.70. The van der Waals surface area contributed by atoms with E-state index in [9.17, 15) is 24.0 Å². The number of nitrogens with zero attached hydrogens (tertiary/aromatic N) is 2. The summed E-state index contributed by atoms with van der Waals surface area (Å²) in [5.41, 5.74) is 0. The molecule has 2 aliphatic heterocycles. The summed E-state index contributed by atoms with van der Waals surface area (Å²) in [5, 5.41) is 2.21. The molecular weight excluding hydrogens is 366 g/mol. The van der Waals surface area contributed by atoms with Crippen molar-refractivity contribution in [3.8, 4) is 0 Å². The first kappa shape index (κ1) is 20.6. The minimum Gasteiger partial charge on any atom is -0.462 e. The minimum atomic E-state index is -1.02. The maximum absolute atomic E-state index is 12.3. The van der Waals surface area contributed by atoms with Gasteiger partial charge in [-0.15, -0.1) is 0 Å². The Kier molecular flexibility index (Phi) is 7.49. The van der Waals surface area contributed by atoms with Crippen LogP contribution in [0.25, 0.3) is 0 Å². The van der Waals surface area contributed by atoms with Gasteiger partial charge in [0.2, 0.25) is 6.41 Å². The monoisotopic (exact) mass is 387 g/mol. The molecule has 150 valence electrons. The number of carbonyl (C=O) groups is 5. The third-order valence-electron chi connectivity index (χ3n) is 3.51. The molecule has 2 unspecified atom stereocenters. The van der Waals surface area contributed by atoms with E-state index in [1.807, 2.05) is 0 Å². The Morgan fingerprint density at radius 2 is 1.63 bits per heavy atom. The van der Waals surface area contributed by atoms with Crippen molar-refractivity contribution in [3.05, 3.63) is 0 Å². The maximum Gasteiger partial charge on any atom is 0.335 e. The van der Waals surface area contributed by atoms with Gasteiger partial charge in [-0.05, 0) is 6.92 Å². The van der Waals surface area contributed by atoms with E-state index in [2.05, 4.69) is 5.32 Å². The average Bonchev–Trinajstić information content (AvgIpc) is 3.55. The number of hydrogen-bond donors (Lipinski definition) is 1. The van der Waals surface area contributed by atoms with E-state index in [0.29, 0.717) is 23.0 Å². The van der Waals surface area contributed by atoms with E-state index < -0.39 is 37.1 Å². The fraction of sp³-hybridized carbons (Fsp3) is 0.667. The molecule has 0 aromatic carbocycles. The molecule has 2 atom stereocenters. The second kappa shape index (κ2) is 9.83. The van der Waals surface area contributed by atoms with Crippen LogP contribution in [0.15, 0.2) is 0 Å². The number of rotatable bonds is 10. The van der Waals surface area contributed by atoms with Crippen molar-refractivity contribution in [3.63, 3.8) is 0 Å². The van der Waals surface area contributed by atoms with Crippen LogP contribution in [0.5, 0.6) is 0 Å². The number of esters is 2. The van der Waals surface area contributed by atoms with Gasteiger partial charge in [-0.3, -0.25) is 19.3 Å². The van der Waals surface area contributed by atoms with Crippen molar-refractivity contribution in [2.45, 2.75) is 19.1 Å². The average molecular weight is 387 g/mol. The van der Waals surface area contributed by atoms with E-state index in [-0.39, 0.29) is 38.4 Å². The van der Waals surface area contributed by atoms with Gasteiger partial charge in [0.25, 0.3) is 0 Å². The van der Waals surface area contributed by atoms with E-state index >= 15 is 0 Å². The van der Waals surface area contributed by atoms with Crippen LogP contribution in [0.2, 0.25) is 0 Å². The van der Waals surface area contributed by atoms with Crippen LogP contribution >= 0.6 is 0 Å². The molecular formula is C15H21N3O9. The Hall–Kier alpha value is -2.73. The summed E-state index contributed by atoms with van der Waals surface area (Å²) in [6, 6.07) is -1.93. The normalized spacial score (nSPS) is 19.4. The van der Waals surface area contributed by atoms with E-state index in [1.165, 1.54) is 6.92 Å². The number of ether oxygens (including phenoxy) is 4. The Bertz CT molecular complexity index is 589. The lowest BCUT2D eigenvalue weighted by Crippen LogP contribution is -2.51. The molecule has 0 bridgehead atoms. The SMILES string of the molecule is CCN(C(=O)NCC(=O)OCC1CO1)C(=O)N(C=O)CC(=O)OCC1CO1. The fourth-order valence-electron chi connectivity index (χ4n) is 1.85. The first-order valence-electron chi connectivity index (χ1n) is 8.30. The Labute approximate surface area is 154 Å². The number of nitrogens with one attached hydrogen (secondary N) is 1. The van der Waals surface area contributed by atoms with Gasteiger partial charge >= 0.3 is 24.0 Å². The number of amides is 5. The molecule has 2 heterocycles. The van der Waals surface area contributed by atoms with Crippen LogP contribution in [-0.2, 0) is 33.3 Å². The van der Waals surface area contributed by atoms with Crippen LogP contribution in [0.1, 0.15) is 6.92 Å². The molecule has 0 radical (unpaired) electrons. The Morgan fingerprint density at radius 3 is 2.11 bits per heavy atom. The quantitative estimate of drug-likeness (QED) is 0.268. The van der Waals surface area contributed by atoms with Gasteiger partial charge in [0.1, 0.15) is 38.5 Å². The molecule has 2 aliphatic rings. The van der Waals surface area contributed by atoms with Gasteiger partial charge in [0.05, 0.1) is 13.2 Å². The molecule has 27 heavy (non-hydrogen) atoms. The highest BCUT2D eigenvalue weighted by atomic mass is 16.6. The number of epoxide rings is 2. The predicted molar refractivity (Wildman–Crippen MR) is 85.3 cm³/mol. The summed E-state index contributed by atoms with van der Waals surface area (Å²) < 4.78 is 19.4. The topological polar surface area (TPSA) is 147 Å². The first-order chi connectivity index (χ1) is 12.9. The standard InChI is InChI=1S/C15H21N3O9/c1-2-18(14(22)16-3-12(20)26-7-10-5-24-10)15(23)17(9-19)4-13(21)27-8-11-6-25-11/h9-11H,2-8H2,1H3,(H,16,22). The molecule has 2 fully saturated rings. The molecule has 12 nitrogen and oxygen atoms in total. The van der Waals surface area contributed by atoms with Gasteiger partial charge < -0.3 is 24.3 Å². The first-order valence-corrected chi connectivity index (χ1v) is 8.30. The van der Waals surface area contributed by atoms with Gasteiger partial charge in [-0.25, -0.2) is 14.5 Å². The van der Waals surface area contributed by atoms with Gasteiger partial charge in [0, 0.05) is 6.54 Å². The highest BCUT2D eigenvalue weighted by molar-refractivity contribution is 5.99. The van der Waals surface area contributed by atoms with Crippen LogP contribution in [0, 0.1) is 0 Å². The van der Waals surface area contributed by atoms with E-state index in [1.54, 1.807) is 0 Å². The largest absolute Gasteiger partial charge is 0.462 e. The lowest BCUT2D eigenvalue weighted by Gasteiger charge is -2.24. The van der Waals surface area contributed by atoms with Crippen LogP contribution in [-0.4, -0.2) is 98.5 Å². The number of hydrogen-bond acceptors (Lipinski definition) is 9. The molecule has 0 aromatic heterocycles. The smallest absolute Gasteiger partial charge is 0.335 e. The van der Waals surface area contributed by atoms with Crippen LogP contribution in [0.4, 0.5) is 9.59 Å². The number of imide groups is 2. The van der Waals surface area contributed by atoms with Crippen LogP contribution < -0.4 is 5.32 Å². The van der Waals surface area contributed by atoms with Crippen molar-refractivity contribution >= 4 is 30.4 Å². The van der Waals surface area contributed by atoms with Crippen molar-refractivity contribution in [2.75, 3.05) is 46.1 Å². The summed E-state index contributed by atoms with van der Waals surface area (Å²) in [4.78, 5) is 59.8. The van der Waals surface area contributed by atoms with Gasteiger partial charge in [-0.2, -0.15) is 0 Å². The molecule has 12 heteroatoms. The predicted octanol–water partition coefficient (Wildman–Crippen LogP) is -1.52. The molecule has 0 aliphatic carbocycles. The zero-order chi connectivity index (χ0) is 19.8. The van der Waals surface area contributed by atoms with Gasteiger partial charge in [0.15, 0.2) is 0 Å². The molecule has 5 amide bonds. The molecule has 0 saturated carbocycles. The van der Waals surface area contributed by atoms with Crippen molar-refractivity contribution in [1.82, 2.24) is 15.1 Å². The summed E-state index contributed by atoms with van der Waals surface area (Å²) >= 11 is 0. The highest BCUT2D eigenvalue weighted by Crippen LogP contribution is 2.09. The summed E-state index contributed by atoms with van der Waals surface area (Å²) in [5.74, 6) is -1.51. The summed E-state index contributed by atoms with van der Waals surface area (Å²) in [6.07, 6.45) is -0.138. The third-order valence-corrected chi connectivity index (χ3v) is 3.51. The lowest BCUT2D eigenvalue weighted by atomic mass is 10.5. The minimum absolute atomic E-state index is 0.0334. The molecule has 0 spiro atoms. The fourth-order valence-corrected chi connectivity index (χ4v) is 1.85. The van der Waals surface area contributed by atoms with E-state index in [0.717, 1.165) is 0 Å². The highest BCUT2D eigenvalue weighted by Gasteiger charge is 2.29. The van der Waals surface area contributed by atoms with Crippen molar-refractivity contribution < 1.29 is 42.9 Å².